The lowest BCUT2D eigenvalue weighted by Crippen LogP contribution is -2.48. The van der Waals surface area contributed by atoms with E-state index in [1.54, 1.807) is 18.7 Å². The number of sulfone groups is 1. The molecule has 1 atom stereocenters. The first-order valence-corrected chi connectivity index (χ1v) is 10.6. The molecule has 0 bridgehead atoms. The first kappa shape index (κ1) is 17.1. The normalized spacial score (nSPS) is 19.8. The fraction of sp³-hybridized carbons (Fsp3) is 0.571. The summed E-state index contributed by atoms with van der Waals surface area (Å²) in [7, 11) is -1.19. The molecule has 1 aliphatic heterocycles. The molecule has 1 unspecified atom stereocenters. The Labute approximate surface area is 139 Å². The molecule has 1 N–H and O–H groups in total. The zero-order valence-corrected chi connectivity index (χ0v) is 15.5. The van der Waals surface area contributed by atoms with Crippen LogP contribution in [0.1, 0.15) is 12.5 Å². The highest BCUT2D eigenvalue weighted by molar-refractivity contribution is 9.10. The summed E-state index contributed by atoms with van der Waals surface area (Å²) in [5.74, 6) is 1.79. The van der Waals surface area contributed by atoms with E-state index in [1.807, 2.05) is 19.2 Å². The van der Waals surface area contributed by atoms with Crippen LogP contribution in [0, 0.1) is 0 Å². The van der Waals surface area contributed by atoms with Crippen molar-refractivity contribution in [2.75, 3.05) is 35.8 Å². The van der Waals surface area contributed by atoms with E-state index in [4.69, 9.17) is 0 Å². The van der Waals surface area contributed by atoms with Crippen LogP contribution >= 0.6 is 27.7 Å². The SMILES string of the molecule is CCS(=O)(=O)C1CSCCN1c1ccc(Br)cc1CNC. The minimum atomic E-state index is -3.09. The van der Waals surface area contributed by atoms with Gasteiger partial charge in [0.2, 0.25) is 0 Å². The quantitative estimate of drug-likeness (QED) is 0.833. The van der Waals surface area contributed by atoms with E-state index >= 15 is 0 Å². The second-order valence-electron chi connectivity index (χ2n) is 4.98. The van der Waals surface area contributed by atoms with Gasteiger partial charge in [0, 0.05) is 40.5 Å². The number of halogens is 1. The zero-order valence-electron chi connectivity index (χ0n) is 12.3. The largest absolute Gasteiger partial charge is 0.353 e. The maximum absolute atomic E-state index is 12.4. The molecular weight excluding hydrogens is 372 g/mol. The highest BCUT2D eigenvalue weighted by atomic mass is 79.9. The van der Waals surface area contributed by atoms with Crippen LogP contribution in [0.5, 0.6) is 0 Å². The summed E-state index contributed by atoms with van der Waals surface area (Å²) in [5.41, 5.74) is 2.14. The fourth-order valence-electron chi connectivity index (χ4n) is 2.51. The molecule has 7 heteroatoms. The van der Waals surface area contributed by atoms with E-state index in [0.29, 0.717) is 5.75 Å². The molecule has 0 amide bonds. The maximum Gasteiger partial charge on any atom is 0.171 e. The first-order valence-electron chi connectivity index (χ1n) is 6.98. The van der Waals surface area contributed by atoms with E-state index < -0.39 is 15.2 Å². The Morgan fingerprint density at radius 2 is 2.24 bits per heavy atom. The van der Waals surface area contributed by atoms with Gasteiger partial charge < -0.3 is 10.2 Å². The predicted octanol–water partition coefficient (Wildman–Crippen LogP) is 2.48. The lowest BCUT2D eigenvalue weighted by Gasteiger charge is -2.37. The van der Waals surface area contributed by atoms with E-state index in [-0.39, 0.29) is 5.75 Å². The van der Waals surface area contributed by atoms with Gasteiger partial charge >= 0.3 is 0 Å². The van der Waals surface area contributed by atoms with E-state index in [1.165, 1.54) is 0 Å². The molecule has 2 rings (SSSR count). The van der Waals surface area contributed by atoms with Crippen LogP contribution < -0.4 is 10.2 Å². The average Bonchev–Trinajstić information content (AvgIpc) is 2.48. The van der Waals surface area contributed by atoms with Crippen LogP contribution in [0.25, 0.3) is 0 Å². The Morgan fingerprint density at radius 3 is 2.90 bits per heavy atom. The van der Waals surface area contributed by atoms with Crippen LogP contribution in [-0.2, 0) is 16.4 Å². The number of thioether (sulfide) groups is 1. The lowest BCUT2D eigenvalue weighted by atomic mass is 10.1. The third-order valence-electron chi connectivity index (χ3n) is 3.62. The molecule has 0 spiro atoms. The van der Waals surface area contributed by atoms with Crippen molar-refractivity contribution in [3.05, 3.63) is 28.2 Å². The fourth-order valence-corrected chi connectivity index (χ4v) is 5.90. The molecule has 1 aromatic carbocycles. The average molecular weight is 393 g/mol. The predicted molar refractivity (Wildman–Crippen MR) is 94.8 cm³/mol. The van der Waals surface area contributed by atoms with Crippen LogP contribution in [0.4, 0.5) is 5.69 Å². The Hall–Kier alpha value is -0.240. The van der Waals surface area contributed by atoms with Crippen LogP contribution in [0.3, 0.4) is 0 Å². The van der Waals surface area contributed by atoms with Gasteiger partial charge in [-0.2, -0.15) is 11.8 Å². The van der Waals surface area contributed by atoms with E-state index in [9.17, 15) is 8.42 Å². The van der Waals surface area contributed by atoms with Gasteiger partial charge in [0.15, 0.2) is 9.84 Å². The van der Waals surface area contributed by atoms with Crippen molar-refractivity contribution in [3.63, 3.8) is 0 Å². The van der Waals surface area contributed by atoms with E-state index in [2.05, 4.69) is 32.2 Å². The van der Waals surface area contributed by atoms with Crippen LogP contribution in [0.2, 0.25) is 0 Å². The van der Waals surface area contributed by atoms with Gasteiger partial charge in [0.05, 0.1) is 0 Å². The van der Waals surface area contributed by atoms with Crippen molar-refractivity contribution in [3.8, 4) is 0 Å². The third kappa shape index (κ3) is 3.94. The summed E-state index contributed by atoms with van der Waals surface area (Å²) in [6.07, 6.45) is 0. The number of hydrogen-bond acceptors (Lipinski definition) is 5. The van der Waals surface area contributed by atoms with Gasteiger partial charge in [-0.15, -0.1) is 0 Å². The third-order valence-corrected chi connectivity index (χ3v) is 7.40. The summed E-state index contributed by atoms with van der Waals surface area (Å²) in [6.45, 7) is 3.22. The molecule has 0 aliphatic carbocycles. The number of nitrogens with one attached hydrogen (secondary N) is 1. The Bertz CT molecular complexity index is 593. The molecule has 1 fully saturated rings. The van der Waals surface area contributed by atoms with Crippen molar-refractivity contribution in [2.45, 2.75) is 18.8 Å². The van der Waals surface area contributed by atoms with Gasteiger partial charge in [0.1, 0.15) is 5.37 Å². The zero-order chi connectivity index (χ0) is 15.5. The highest BCUT2D eigenvalue weighted by Gasteiger charge is 2.33. The molecular formula is C14H21BrN2O2S2. The summed E-state index contributed by atoms with van der Waals surface area (Å²) in [5, 5.41) is 2.74. The second kappa shape index (κ2) is 7.35. The van der Waals surface area contributed by atoms with Crippen LogP contribution in [-0.4, -0.2) is 44.6 Å². The Kier molecular flexibility index (Phi) is 5.99. The minimum Gasteiger partial charge on any atom is -0.353 e. The molecule has 0 saturated carbocycles. The molecule has 0 aromatic heterocycles. The molecule has 118 valence electrons. The summed E-state index contributed by atoms with van der Waals surface area (Å²) in [6, 6.07) is 6.06. The summed E-state index contributed by atoms with van der Waals surface area (Å²) in [4.78, 5) is 2.06. The van der Waals surface area contributed by atoms with Crippen molar-refractivity contribution < 1.29 is 8.42 Å². The molecule has 1 heterocycles. The molecule has 1 aromatic rings. The van der Waals surface area contributed by atoms with Crippen molar-refractivity contribution in [1.29, 1.82) is 0 Å². The van der Waals surface area contributed by atoms with Gasteiger partial charge in [-0.1, -0.05) is 22.9 Å². The van der Waals surface area contributed by atoms with Crippen molar-refractivity contribution in [1.82, 2.24) is 5.32 Å². The van der Waals surface area contributed by atoms with Gasteiger partial charge in [-0.05, 0) is 30.8 Å². The smallest absolute Gasteiger partial charge is 0.171 e. The number of anilines is 1. The molecule has 4 nitrogen and oxygen atoms in total. The van der Waals surface area contributed by atoms with E-state index in [0.717, 1.165) is 34.6 Å². The summed E-state index contributed by atoms with van der Waals surface area (Å²) < 4.78 is 25.8. The standard InChI is InChI=1S/C14H21BrN2O2S2/c1-3-21(18,19)14-10-20-7-6-17(14)13-5-4-12(15)8-11(13)9-16-2/h4-5,8,14,16H,3,6-7,9-10H2,1-2H3. The summed E-state index contributed by atoms with van der Waals surface area (Å²) >= 11 is 5.21. The molecule has 21 heavy (non-hydrogen) atoms. The number of nitrogens with zero attached hydrogens (tertiary/aromatic N) is 1. The molecule has 1 saturated heterocycles. The van der Waals surface area contributed by atoms with Crippen molar-refractivity contribution in [2.24, 2.45) is 0 Å². The number of rotatable bonds is 5. The second-order valence-corrected chi connectivity index (χ2v) is 9.49. The molecule has 1 aliphatic rings. The van der Waals surface area contributed by atoms with Gasteiger partial charge in [-0.3, -0.25) is 0 Å². The number of hydrogen-bond donors (Lipinski definition) is 1. The van der Waals surface area contributed by atoms with Crippen LogP contribution in [0.15, 0.2) is 22.7 Å². The maximum atomic E-state index is 12.4. The topological polar surface area (TPSA) is 49.4 Å². The first-order chi connectivity index (χ1) is 9.99. The Morgan fingerprint density at radius 1 is 1.48 bits per heavy atom. The Balaban J connectivity index is 2.42. The molecule has 0 radical (unpaired) electrons. The lowest BCUT2D eigenvalue weighted by molar-refractivity contribution is 0.579. The van der Waals surface area contributed by atoms with Crippen molar-refractivity contribution >= 4 is 43.2 Å². The minimum absolute atomic E-state index is 0.187. The van der Waals surface area contributed by atoms with Gasteiger partial charge in [0.25, 0.3) is 0 Å². The number of benzene rings is 1. The highest BCUT2D eigenvalue weighted by Crippen LogP contribution is 2.31. The van der Waals surface area contributed by atoms with Gasteiger partial charge in [-0.25, -0.2) is 8.42 Å². The monoisotopic (exact) mass is 392 g/mol.